The second-order valence-corrected chi connectivity index (χ2v) is 3.33. The molecule has 0 aliphatic carbocycles. The SMILES string of the molecule is CCOCC(=O)Nc1ccc(OC)c([N+](=O)[O-])c1. The molecule has 0 spiro atoms. The van der Waals surface area contributed by atoms with Crippen LogP contribution in [0, 0.1) is 10.1 Å². The Morgan fingerprint density at radius 1 is 1.50 bits per heavy atom. The Bertz CT molecular complexity index is 447. The van der Waals surface area contributed by atoms with Gasteiger partial charge in [0, 0.05) is 18.4 Å². The van der Waals surface area contributed by atoms with Gasteiger partial charge < -0.3 is 14.8 Å². The van der Waals surface area contributed by atoms with E-state index < -0.39 is 4.92 Å². The summed E-state index contributed by atoms with van der Waals surface area (Å²) in [6, 6.07) is 4.19. The highest BCUT2D eigenvalue weighted by Crippen LogP contribution is 2.29. The smallest absolute Gasteiger partial charge is 0.312 e. The van der Waals surface area contributed by atoms with Gasteiger partial charge in [0.05, 0.1) is 12.0 Å². The van der Waals surface area contributed by atoms with Crippen molar-refractivity contribution in [2.24, 2.45) is 0 Å². The fourth-order valence-corrected chi connectivity index (χ4v) is 1.30. The maximum absolute atomic E-state index is 11.4. The van der Waals surface area contributed by atoms with Gasteiger partial charge in [-0.05, 0) is 19.1 Å². The molecule has 0 aliphatic heterocycles. The van der Waals surface area contributed by atoms with E-state index in [1.807, 2.05) is 0 Å². The maximum Gasteiger partial charge on any atom is 0.312 e. The number of hydrogen-bond acceptors (Lipinski definition) is 5. The molecule has 1 aromatic carbocycles. The Morgan fingerprint density at radius 3 is 2.78 bits per heavy atom. The van der Waals surface area contributed by atoms with Crippen LogP contribution in [0.3, 0.4) is 0 Å². The van der Waals surface area contributed by atoms with Crippen LogP contribution in [0.5, 0.6) is 5.75 Å². The van der Waals surface area contributed by atoms with Gasteiger partial charge in [-0.2, -0.15) is 0 Å². The molecule has 18 heavy (non-hydrogen) atoms. The van der Waals surface area contributed by atoms with Crippen LogP contribution in [-0.4, -0.2) is 31.2 Å². The minimum atomic E-state index is -0.572. The van der Waals surface area contributed by atoms with Crippen molar-refractivity contribution in [2.45, 2.75) is 6.92 Å². The summed E-state index contributed by atoms with van der Waals surface area (Å²) in [5, 5.41) is 13.3. The van der Waals surface area contributed by atoms with Crippen LogP contribution in [0.25, 0.3) is 0 Å². The van der Waals surface area contributed by atoms with Gasteiger partial charge in [-0.3, -0.25) is 14.9 Å². The predicted octanol–water partition coefficient (Wildman–Crippen LogP) is 1.58. The molecule has 0 aliphatic rings. The summed E-state index contributed by atoms with van der Waals surface area (Å²) in [5.41, 5.74) is 0.124. The normalized spacial score (nSPS) is 9.89. The Kier molecular flexibility index (Phi) is 5.06. The van der Waals surface area contributed by atoms with Gasteiger partial charge in [0.25, 0.3) is 0 Å². The maximum atomic E-state index is 11.4. The highest BCUT2D eigenvalue weighted by Gasteiger charge is 2.15. The minimum Gasteiger partial charge on any atom is -0.490 e. The fraction of sp³-hybridized carbons (Fsp3) is 0.364. The molecule has 0 unspecified atom stereocenters. The average Bonchev–Trinajstić information content (AvgIpc) is 2.36. The van der Waals surface area contributed by atoms with Crippen molar-refractivity contribution in [1.29, 1.82) is 0 Å². The van der Waals surface area contributed by atoms with E-state index in [4.69, 9.17) is 9.47 Å². The summed E-state index contributed by atoms with van der Waals surface area (Å²) in [6.07, 6.45) is 0. The van der Waals surface area contributed by atoms with Crippen LogP contribution in [-0.2, 0) is 9.53 Å². The first-order chi connectivity index (χ1) is 8.58. The number of rotatable bonds is 6. The molecule has 0 saturated carbocycles. The quantitative estimate of drug-likeness (QED) is 0.614. The van der Waals surface area contributed by atoms with Gasteiger partial charge >= 0.3 is 5.69 Å². The molecule has 0 bridgehead atoms. The first kappa shape index (κ1) is 13.9. The third-order valence-corrected chi connectivity index (χ3v) is 2.10. The lowest BCUT2D eigenvalue weighted by Gasteiger charge is -2.07. The lowest BCUT2D eigenvalue weighted by Crippen LogP contribution is -2.18. The summed E-state index contributed by atoms with van der Waals surface area (Å²) in [5.74, 6) is -0.223. The van der Waals surface area contributed by atoms with E-state index in [1.165, 1.54) is 25.3 Å². The van der Waals surface area contributed by atoms with Crippen LogP contribution in [0.2, 0.25) is 0 Å². The molecule has 7 heteroatoms. The third kappa shape index (κ3) is 3.70. The Balaban J connectivity index is 2.82. The zero-order chi connectivity index (χ0) is 13.5. The van der Waals surface area contributed by atoms with E-state index in [-0.39, 0.29) is 24.0 Å². The zero-order valence-corrected chi connectivity index (χ0v) is 10.1. The monoisotopic (exact) mass is 254 g/mol. The van der Waals surface area contributed by atoms with Crippen molar-refractivity contribution in [3.05, 3.63) is 28.3 Å². The fourth-order valence-electron chi connectivity index (χ4n) is 1.30. The first-order valence-corrected chi connectivity index (χ1v) is 5.28. The molecule has 0 radical (unpaired) electrons. The molecule has 1 rings (SSSR count). The number of carbonyl (C=O) groups excluding carboxylic acids is 1. The Labute approximate surface area is 104 Å². The summed E-state index contributed by atoms with van der Waals surface area (Å²) in [4.78, 5) is 21.6. The summed E-state index contributed by atoms with van der Waals surface area (Å²) in [7, 11) is 1.34. The number of hydrogen-bond donors (Lipinski definition) is 1. The van der Waals surface area contributed by atoms with Gasteiger partial charge in [-0.25, -0.2) is 0 Å². The van der Waals surface area contributed by atoms with E-state index in [2.05, 4.69) is 5.32 Å². The van der Waals surface area contributed by atoms with Crippen molar-refractivity contribution in [3.63, 3.8) is 0 Å². The molecule has 0 saturated heterocycles. The average molecular weight is 254 g/mol. The van der Waals surface area contributed by atoms with Crippen molar-refractivity contribution < 1.29 is 19.2 Å². The summed E-state index contributed by atoms with van der Waals surface area (Å²) in [6.45, 7) is 2.11. The van der Waals surface area contributed by atoms with Crippen LogP contribution in [0.15, 0.2) is 18.2 Å². The number of nitro benzene ring substituents is 1. The van der Waals surface area contributed by atoms with Crippen molar-refractivity contribution in [3.8, 4) is 5.75 Å². The summed E-state index contributed by atoms with van der Waals surface area (Å²) < 4.78 is 9.77. The minimum absolute atomic E-state index is 0.0870. The highest BCUT2D eigenvalue weighted by molar-refractivity contribution is 5.92. The number of nitrogens with zero attached hydrogens (tertiary/aromatic N) is 1. The van der Waals surface area contributed by atoms with Crippen molar-refractivity contribution in [1.82, 2.24) is 0 Å². The predicted molar refractivity (Wildman–Crippen MR) is 64.8 cm³/mol. The van der Waals surface area contributed by atoms with E-state index in [0.717, 1.165) is 0 Å². The molecule has 98 valence electrons. The number of nitro groups is 1. The second-order valence-electron chi connectivity index (χ2n) is 3.33. The number of amides is 1. The van der Waals surface area contributed by atoms with Gasteiger partial charge in [0.15, 0.2) is 5.75 Å². The van der Waals surface area contributed by atoms with E-state index in [9.17, 15) is 14.9 Å². The number of carbonyl (C=O) groups is 1. The first-order valence-electron chi connectivity index (χ1n) is 5.28. The molecule has 1 amide bonds. The van der Waals surface area contributed by atoms with Crippen LogP contribution in [0.1, 0.15) is 6.92 Å². The van der Waals surface area contributed by atoms with Gasteiger partial charge in [-0.15, -0.1) is 0 Å². The van der Waals surface area contributed by atoms with Crippen LogP contribution >= 0.6 is 0 Å². The molecule has 1 aromatic rings. The number of methoxy groups -OCH3 is 1. The van der Waals surface area contributed by atoms with Crippen molar-refractivity contribution in [2.75, 3.05) is 25.6 Å². The second kappa shape index (κ2) is 6.55. The molecule has 0 atom stereocenters. The lowest BCUT2D eigenvalue weighted by atomic mass is 10.2. The van der Waals surface area contributed by atoms with Crippen LogP contribution < -0.4 is 10.1 Å². The lowest BCUT2D eigenvalue weighted by molar-refractivity contribution is -0.385. The zero-order valence-electron chi connectivity index (χ0n) is 10.1. The van der Waals surface area contributed by atoms with Crippen molar-refractivity contribution >= 4 is 17.3 Å². The summed E-state index contributed by atoms with van der Waals surface area (Å²) >= 11 is 0. The van der Waals surface area contributed by atoms with E-state index in [0.29, 0.717) is 12.3 Å². The number of nitrogens with one attached hydrogen (secondary N) is 1. The topological polar surface area (TPSA) is 90.7 Å². The Morgan fingerprint density at radius 2 is 2.22 bits per heavy atom. The van der Waals surface area contributed by atoms with Gasteiger partial charge in [0.2, 0.25) is 5.91 Å². The Hall–Kier alpha value is -2.15. The molecule has 1 N–H and O–H groups in total. The van der Waals surface area contributed by atoms with E-state index in [1.54, 1.807) is 6.92 Å². The molecular weight excluding hydrogens is 240 g/mol. The largest absolute Gasteiger partial charge is 0.490 e. The standard InChI is InChI=1S/C11H14N2O5/c1-3-18-7-11(14)12-8-4-5-10(17-2)9(6-8)13(15)16/h4-6H,3,7H2,1-2H3,(H,12,14). The molecule has 0 heterocycles. The number of benzene rings is 1. The van der Waals surface area contributed by atoms with E-state index >= 15 is 0 Å². The van der Waals surface area contributed by atoms with Gasteiger partial charge in [-0.1, -0.05) is 0 Å². The van der Waals surface area contributed by atoms with Gasteiger partial charge in [0.1, 0.15) is 6.61 Å². The molecule has 7 nitrogen and oxygen atoms in total. The highest BCUT2D eigenvalue weighted by atomic mass is 16.6. The third-order valence-electron chi connectivity index (χ3n) is 2.10. The molecule has 0 fully saturated rings. The number of anilines is 1. The molecule has 0 aromatic heterocycles. The van der Waals surface area contributed by atoms with Crippen LogP contribution in [0.4, 0.5) is 11.4 Å². The molecular formula is C11H14N2O5. The number of ether oxygens (including phenoxy) is 2.